The number of hydrogen-bond donors (Lipinski definition) is 1. The number of hydrogen-bond acceptors (Lipinski definition) is 4. The highest BCUT2D eigenvalue weighted by Gasteiger charge is 2.15. The van der Waals surface area contributed by atoms with Crippen LogP contribution in [0.25, 0.3) is 16.6 Å². The van der Waals surface area contributed by atoms with E-state index in [-0.39, 0.29) is 6.04 Å². The number of nitrogens with zero attached hydrogens (tertiary/aromatic N) is 3. The van der Waals surface area contributed by atoms with E-state index in [1.807, 2.05) is 38.1 Å². The summed E-state index contributed by atoms with van der Waals surface area (Å²) in [6.07, 6.45) is 0. The molecule has 3 aromatic rings. The quantitative estimate of drug-likeness (QED) is 0.803. The van der Waals surface area contributed by atoms with Gasteiger partial charge in [0.05, 0.1) is 17.8 Å². The lowest BCUT2D eigenvalue weighted by Crippen LogP contribution is -2.21. The van der Waals surface area contributed by atoms with Crippen LogP contribution in [0, 0.1) is 6.92 Å². The van der Waals surface area contributed by atoms with E-state index >= 15 is 0 Å². The molecule has 0 amide bonds. The van der Waals surface area contributed by atoms with E-state index in [4.69, 9.17) is 16.3 Å². The molecule has 0 unspecified atom stereocenters. The van der Waals surface area contributed by atoms with E-state index < -0.39 is 0 Å². The molecule has 0 aliphatic rings. The van der Waals surface area contributed by atoms with Crippen molar-refractivity contribution in [2.24, 2.45) is 0 Å². The van der Waals surface area contributed by atoms with Crippen LogP contribution < -0.4 is 5.32 Å². The Labute approximate surface area is 127 Å². The number of aryl methyl sites for hydroxylation is 1. The number of benzene rings is 1. The Hall–Kier alpha value is -1.85. The zero-order valence-electron chi connectivity index (χ0n) is 12.2. The summed E-state index contributed by atoms with van der Waals surface area (Å²) in [6, 6.07) is 8.15. The topological polar surface area (TPSA) is 51.5 Å². The molecule has 0 fully saturated rings. The molecule has 1 N–H and O–H groups in total. The molecule has 0 aliphatic heterocycles. The van der Waals surface area contributed by atoms with Crippen molar-refractivity contribution < 1.29 is 4.74 Å². The van der Waals surface area contributed by atoms with E-state index in [1.54, 1.807) is 11.6 Å². The minimum Gasteiger partial charge on any atom is -0.383 e. The van der Waals surface area contributed by atoms with Gasteiger partial charge < -0.3 is 10.1 Å². The average Bonchev–Trinajstić information content (AvgIpc) is 2.76. The average molecular weight is 305 g/mol. The van der Waals surface area contributed by atoms with Gasteiger partial charge in [0, 0.05) is 18.5 Å². The number of rotatable bonds is 4. The van der Waals surface area contributed by atoms with Crippen molar-refractivity contribution >= 4 is 34.0 Å². The molecule has 1 atom stereocenters. The van der Waals surface area contributed by atoms with Crippen LogP contribution in [0.2, 0.25) is 5.02 Å². The molecule has 0 spiro atoms. The lowest BCUT2D eigenvalue weighted by molar-refractivity contribution is 0.190. The van der Waals surface area contributed by atoms with Gasteiger partial charge in [-0.05, 0) is 26.0 Å². The summed E-state index contributed by atoms with van der Waals surface area (Å²) < 4.78 is 6.96. The maximum absolute atomic E-state index is 6.31. The van der Waals surface area contributed by atoms with Gasteiger partial charge in [0.2, 0.25) is 0 Å². The summed E-state index contributed by atoms with van der Waals surface area (Å²) in [7, 11) is 1.68. The number of ether oxygens (including phenoxy) is 1. The van der Waals surface area contributed by atoms with Crippen molar-refractivity contribution in [3.8, 4) is 0 Å². The molecular weight excluding hydrogens is 288 g/mol. The first kappa shape index (κ1) is 14.1. The van der Waals surface area contributed by atoms with Crippen molar-refractivity contribution in [1.29, 1.82) is 0 Å². The Morgan fingerprint density at radius 1 is 1.38 bits per heavy atom. The number of halogens is 1. The minimum atomic E-state index is 0.149. The Bertz CT molecular complexity index is 799. The summed E-state index contributed by atoms with van der Waals surface area (Å²) >= 11 is 6.31. The van der Waals surface area contributed by atoms with Gasteiger partial charge in [0.1, 0.15) is 10.8 Å². The first-order chi connectivity index (χ1) is 10.1. The van der Waals surface area contributed by atoms with Crippen molar-refractivity contribution in [2.45, 2.75) is 19.9 Å². The van der Waals surface area contributed by atoms with Gasteiger partial charge in [-0.3, -0.25) is 0 Å². The van der Waals surface area contributed by atoms with E-state index in [0.717, 1.165) is 22.4 Å². The van der Waals surface area contributed by atoms with Gasteiger partial charge in [-0.1, -0.05) is 23.7 Å². The number of fused-ring (bicyclic) bond motifs is 3. The highest BCUT2D eigenvalue weighted by Crippen LogP contribution is 2.28. The molecule has 0 aliphatic carbocycles. The van der Waals surface area contributed by atoms with Gasteiger partial charge in [0.15, 0.2) is 5.65 Å². The molecule has 0 saturated heterocycles. The molecule has 6 heteroatoms. The number of aromatic nitrogens is 3. The summed E-state index contributed by atoms with van der Waals surface area (Å²) in [5, 5.41) is 9.44. The lowest BCUT2D eigenvalue weighted by atomic mass is 10.2. The third-order valence-electron chi connectivity index (χ3n) is 3.37. The van der Waals surface area contributed by atoms with Gasteiger partial charge >= 0.3 is 0 Å². The number of nitrogens with one attached hydrogen (secondary N) is 1. The minimum absolute atomic E-state index is 0.149. The molecule has 0 radical (unpaired) electrons. The maximum Gasteiger partial charge on any atom is 0.176 e. The molecular formula is C15H17ClN4O. The van der Waals surface area contributed by atoms with E-state index in [0.29, 0.717) is 17.3 Å². The second kappa shape index (κ2) is 5.50. The van der Waals surface area contributed by atoms with Crippen LogP contribution in [0.3, 0.4) is 0 Å². The fourth-order valence-electron chi connectivity index (χ4n) is 2.42. The summed E-state index contributed by atoms with van der Waals surface area (Å²) in [5.41, 5.74) is 2.42. The number of methoxy groups -OCH3 is 1. The van der Waals surface area contributed by atoms with Crippen LogP contribution in [0.1, 0.15) is 12.6 Å². The second-order valence-electron chi connectivity index (χ2n) is 5.11. The molecule has 0 saturated carbocycles. The van der Waals surface area contributed by atoms with Crippen LogP contribution >= 0.6 is 11.6 Å². The standard InChI is InChI=1S/C15H17ClN4O/c1-9(8-21-3)17-14-11-6-4-5-7-12(11)20-15(18-14)13(16)10(2)19-20/h4-7,9H,8H2,1-3H3,(H,17,18)/t9-/m1/s1. The Morgan fingerprint density at radius 3 is 2.90 bits per heavy atom. The normalized spacial score (nSPS) is 13.0. The molecule has 2 heterocycles. The molecule has 5 nitrogen and oxygen atoms in total. The highest BCUT2D eigenvalue weighted by atomic mass is 35.5. The lowest BCUT2D eigenvalue weighted by Gasteiger charge is -2.15. The molecule has 3 rings (SSSR count). The predicted octanol–water partition coefficient (Wildman–Crippen LogP) is 3.29. The van der Waals surface area contributed by atoms with Crippen molar-refractivity contribution in [3.63, 3.8) is 0 Å². The van der Waals surface area contributed by atoms with Crippen molar-refractivity contribution in [1.82, 2.24) is 14.6 Å². The smallest absolute Gasteiger partial charge is 0.176 e. The summed E-state index contributed by atoms with van der Waals surface area (Å²) in [6.45, 7) is 4.53. The van der Waals surface area contributed by atoms with E-state index in [2.05, 4.69) is 15.4 Å². The fraction of sp³-hybridized carbons (Fsp3) is 0.333. The third-order valence-corrected chi connectivity index (χ3v) is 3.81. The van der Waals surface area contributed by atoms with Crippen LogP contribution in [0.5, 0.6) is 0 Å². The molecule has 2 aromatic heterocycles. The SMILES string of the molecule is COC[C@@H](C)Nc1nc2c(Cl)c(C)nn2c2ccccc12. The Balaban J connectivity index is 2.23. The van der Waals surface area contributed by atoms with E-state index in [1.165, 1.54) is 0 Å². The molecule has 110 valence electrons. The van der Waals surface area contributed by atoms with Crippen LogP contribution in [0.4, 0.5) is 5.82 Å². The fourth-order valence-corrected chi connectivity index (χ4v) is 2.58. The zero-order valence-corrected chi connectivity index (χ0v) is 13.0. The predicted molar refractivity (Wildman–Crippen MR) is 85.2 cm³/mol. The monoisotopic (exact) mass is 304 g/mol. The molecule has 1 aromatic carbocycles. The van der Waals surface area contributed by atoms with Gasteiger partial charge in [-0.2, -0.15) is 5.10 Å². The molecule has 21 heavy (non-hydrogen) atoms. The van der Waals surface area contributed by atoms with Gasteiger partial charge in [0.25, 0.3) is 0 Å². The summed E-state index contributed by atoms with van der Waals surface area (Å²) in [5.74, 6) is 0.796. The van der Waals surface area contributed by atoms with Gasteiger partial charge in [-0.15, -0.1) is 0 Å². The maximum atomic E-state index is 6.31. The van der Waals surface area contributed by atoms with Crippen molar-refractivity contribution in [2.75, 3.05) is 19.0 Å². The highest BCUT2D eigenvalue weighted by molar-refractivity contribution is 6.34. The Morgan fingerprint density at radius 2 is 2.14 bits per heavy atom. The van der Waals surface area contributed by atoms with Crippen LogP contribution in [-0.2, 0) is 4.74 Å². The largest absolute Gasteiger partial charge is 0.383 e. The van der Waals surface area contributed by atoms with Crippen LogP contribution in [-0.4, -0.2) is 34.4 Å². The zero-order chi connectivity index (χ0) is 15.0. The first-order valence-corrected chi connectivity index (χ1v) is 7.18. The van der Waals surface area contributed by atoms with Gasteiger partial charge in [-0.25, -0.2) is 9.50 Å². The summed E-state index contributed by atoms with van der Waals surface area (Å²) in [4.78, 5) is 4.65. The van der Waals surface area contributed by atoms with Crippen molar-refractivity contribution in [3.05, 3.63) is 35.0 Å². The first-order valence-electron chi connectivity index (χ1n) is 6.81. The number of anilines is 1. The van der Waals surface area contributed by atoms with Crippen LogP contribution in [0.15, 0.2) is 24.3 Å². The molecule has 0 bridgehead atoms. The third kappa shape index (κ3) is 2.43. The van der Waals surface area contributed by atoms with E-state index in [9.17, 15) is 0 Å². The Kier molecular flexibility index (Phi) is 3.69. The number of para-hydroxylation sites is 1. The second-order valence-corrected chi connectivity index (χ2v) is 5.49.